The van der Waals surface area contributed by atoms with Crippen molar-refractivity contribution < 1.29 is 0 Å². The Morgan fingerprint density at radius 1 is 1.19 bits per heavy atom. The molecule has 116 valence electrons. The normalized spacial score (nSPS) is 24.0. The van der Waals surface area contributed by atoms with Crippen molar-refractivity contribution in [3.05, 3.63) is 31.6 Å². The van der Waals surface area contributed by atoms with E-state index in [9.17, 15) is 9.59 Å². The van der Waals surface area contributed by atoms with Crippen molar-refractivity contribution >= 4 is 11.6 Å². The molecule has 1 atom stereocenters. The fourth-order valence-corrected chi connectivity index (χ4v) is 4.03. The lowest BCUT2D eigenvalue weighted by Gasteiger charge is -2.21. The van der Waals surface area contributed by atoms with Crippen molar-refractivity contribution in [2.75, 3.05) is 13.6 Å². The van der Waals surface area contributed by atoms with Gasteiger partial charge in [-0.15, -0.1) is 0 Å². The van der Waals surface area contributed by atoms with Gasteiger partial charge in [0, 0.05) is 12.6 Å². The first-order chi connectivity index (χ1) is 10.1. The summed E-state index contributed by atoms with van der Waals surface area (Å²) in [5.74, 6) is 0.203. The number of nitrogens with zero attached hydrogens (tertiary/aromatic N) is 2. The fraction of sp³-hybridized carbons (Fsp3) is 0.733. The van der Waals surface area contributed by atoms with Crippen LogP contribution in [0.15, 0.2) is 9.59 Å². The average molecular weight is 312 g/mol. The van der Waals surface area contributed by atoms with Crippen molar-refractivity contribution in [1.29, 1.82) is 0 Å². The van der Waals surface area contributed by atoms with E-state index < -0.39 is 0 Å². The number of H-pyrrole nitrogens is 1. The number of rotatable bonds is 3. The third kappa shape index (κ3) is 2.81. The Kier molecular flexibility index (Phi) is 4.22. The van der Waals surface area contributed by atoms with E-state index in [1.54, 1.807) is 0 Å². The molecule has 1 saturated heterocycles. The van der Waals surface area contributed by atoms with Gasteiger partial charge < -0.3 is 4.90 Å². The molecule has 0 bridgehead atoms. The molecule has 2 aliphatic rings. The van der Waals surface area contributed by atoms with E-state index in [-0.39, 0.29) is 28.4 Å². The van der Waals surface area contributed by atoms with E-state index in [0.29, 0.717) is 12.1 Å². The monoisotopic (exact) mass is 311 g/mol. The molecule has 6 heteroatoms. The Bertz CT molecular complexity index is 631. The Morgan fingerprint density at radius 2 is 1.90 bits per heavy atom. The molecule has 5 nitrogen and oxygen atoms in total. The predicted octanol–water partition coefficient (Wildman–Crippen LogP) is 1.94. The Balaban J connectivity index is 1.98. The van der Waals surface area contributed by atoms with Gasteiger partial charge in [-0.25, -0.2) is 4.79 Å². The summed E-state index contributed by atoms with van der Waals surface area (Å²) in [5.41, 5.74) is 0.0532. The summed E-state index contributed by atoms with van der Waals surface area (Å²) in [5, 5.41) is 0.243. The van der Waals surface area contributed by atoms with Gasteiger partial charge in [-0.05, 0) is 45.2 Å². The van der Waals surface area contributed by atoms with Crippen LogP contribution >= 0.6 is 11.6 Å². The molecule has 1 unspecified atom stereocenters. The molecule has 0 radical (unpaired) electrons. The van der Waals surface area contributed by atoms with Crippen LogP contribution in [0, 0.1) is 0 Å². The smallest absolute Gasteiger partial charge is 0.302 e. The van der Waals surface area contributed by atoms with Gasteiger partial charge in [0.25, 0.3) is 5.56 Å². The van der Waals surface area contributed by atoms with Crippen LogP contribution in [0.4, 0.5) is 0 Å². The second-order valence-electron chi connectivity index (χ2n) is 6.33. The predicted molar refractivity (Wildman–Crippen MR) is 83.2 cm³/mol. The summed E-state index contributed by atoms with van der Waals surface area (Å²) < 4.78 is 1.35. The highest BCUT2D eigenvalue weighted by Crippen LogP contribution is 2.34. The zero-order chi connectivity index (χ0) is 15.0. The molecule has 0 amide bonds. The van der Waals surface area contributed by atoms with E-state index in [2.05, 4.69) is 9.88 Å². The Labute approximate surface area is 128 Å². The van der Waals surface area contributed by atoms with Crippen LogP contribution in [-0.2, 0) is 6.54 Å². The number of likely N-dealkylation sites (tertiary alicyclic amines) is 1. The number of aromatic nitrogens is 2. The zero-order valence-corrected chi connectivity index (χ0v) is 13.2. The minimum absolute atomic E-state index is 0.184. The van der Waals surface area contributed by atoms with Gasteiger partial charge in [-0.1, -0.05) is 24.4 Å². The summed E-state index contributed by atoms with van der Waals surface area (Å²) in [7, 11) is 2.05. The molecule has 3 rings (SSSR count). The number of aromatic amines is 1. The first-order valence-corrected chi connectivity index (χ1v) is 8.18. The van der Waals surface area contributed by atoms with Crippen molar-refractivity contribution in [1.82, 2.24) is 14.5 Å². The number of hydrogen-bond donors (Lipinski definition) is 1. The van der Waals surface area contributed by atoms with Gasteiger partial charge in [0.15, 0.2) is 0 Å². The summed E-state index contributed by atoms with van der Waals surface area (Å²) >= 11 is 6.15. The van der Waals surface area contributed by atoms with Gasteiger partial charge in [-0.3, -0.25) is 14.3 Å². The molecule has 2 fully saturated rings. The average Bonchev–Trinajstić information content (AvgIpc) is 3.07. The molecule has 1 saturated carbocycles. The maximum Gasteiger partial charge on any atom is 0.329 e. The van der Waals surface area contributed by atoms with Crippen LogP contribution in [0.5, 0.6) is 0 Å². The lowest BCUT2D eigenvalue weighted by molar-refractivity contribution is 0.276. The molecule has 1 aromatic rings. The highest BCUT2D eigenvalue weighted by molar-refractivity contribution is 6.30. The minimum atomic E-state index is -0.382. The van der Waals surface area contributed by atoms with Crippen LogP contribution in [0.1, 0.15) is 50.0 Å². The quantitative estimate of drug-likeness (QED) is 0.868. The second-order valence-corrected chi connectivity index (χ2v) is 6.71. The van der Waals surface area contributed by atoms with E-state index >= 15 is 0 Å². The van der Waals surface area contributed by atoms with E-state index in [1.807, 2.05) is 7.05 Å². The van der Waals surface area contributed by atoms with Gasteiger partial charge in [-0.2, -0.15) is 0 Å². The third-order valence-electron chi connectivity index (χ3n) is 5.00. The summed E-state index contributed by atoms with van der Waals surface area (Å²) in [6.45, 7) is 1.49. The molecule has 1 aliphatic heterocycles. The van der Waals surface area contributed by atoms with Crippen LogP contribution in [0.2, 0.25) is 5.15 Å². The summed E-state index contributed by atoms with van der Waals surface area (Å²) in [4.78, 5) is 29.7. The van der Waals surface area contributed by atoms with E-state index in [4.69, 9.17) is 11.6 Å². The maximum atomic E-state index is 12.7. The molecular weight excluding hydrogens is 290 g/mol. The largest absolute Gasteiger partial charge is 0.329 e. The maximum absolute atomic E-state index is 12.7. The Morgan fingerprint density at radius 3 is 2.52 bits per heavy atom. The highest BCUT2D eigenvalue weighted by atomic mass is 35.5. The topological polar surface area (TPSA) is 58.1 Å². The Hall–Kier alpha value is -1.07. The SMILES string of the molecule is CN1CCCC1Cn1c(=O)[nH]c(Cl)c(C2CCCC2)c1=O. The molecule has 1 N–H and O–H groups in total. The number of likely N-dealkylation sites (N-methyl/N-ethyl adjacent to an activating group) is 1. The molecule has 1 aliphatic carbocycles. The highest BCUT2D eigenvalue weighted by Gasteiger charge is 2.27. The second kappa shape index (κ2) is 5.97. The molecule has 21 heavy (non-hydrogen) atoms. The van der Waals surface area contributed by atoms with Crippen LogP contribution < -0.4 is 11.2 Å². The van der Waals surface area contributed by atoms with Gasteiger partial charge in [0.2, 0.25) is 0 Å². The number of halogens is 1. The minimum Gasteiger partial charge on any atom is -0.302 e. The number of nitrogens with one attached hydrogen (secondary N) is 1. The van der Waals surface area contributed by atoms with Crippen LogP contribution in [-0.4, -0.2) is 34.1 Å². The van der Waals surface area contributed by atoms with Gasteiger partial charge >= 0.3 is 5.69 Å². The van der Waals surface area contributed by atoms with Crippen LogP contribution in [0.3, 0.4) is 0 Å². The fourth-order valence-electron chi connectivity index (χ4n) is 3.72. The third-order valence-corrected chi connectivity index (χ3v) is 5.30. The van der Waals surface area contributed by atoms with Crippen molar-refractivity contribution in [3.63, 3.8) is 0 Å². The lowest BCUT2D eigenvalue weighted by atomic mass is 10.0. The summed E-state index contributed by atoms with van der Waals surface area (Å²) in [6.07, 6.45) is 6.39. The molecule has 1 aromatic heterocycles. The van der Waals surface area contributed by atoms with Crippen LogP contribution in [0.25, 0.3) is 0 Å². The molecular formula is C15H22ClN3O2. The lowest BCUT2D eigenvalue weighted by Crippen LogP contribution is -2.43. The standard InChI is InChI=1S/C15H22ClN3O2/c1-18-8-4-7-11(18)9-19-14(20)12(10-5-2-3-6-10)13(16)17-15(19)21/h10-11H,2-9H2,1H3,(H,17,21). The van der Waals surface area contributed by atoms with Crippen molar-refractivity contribution in [2.24, 2.45) is 0 Å². The molecule has 2 heterocycles. The van der Waals surface area contributed by atoms with Crippen molar-refractivity contribution in [3.8, 4) is 0 Å². The molecule has 0 aromatic carbocycles. The van der Waals surface area contributed by atoms with Gasteiger partial charge in [0.05, 0.1) is 5.56 Å². The van der Waals surface area contributed by atoms with Gasteiger partial charge in [0.1, 0.15) is 5.15 Å². The zero-order valence-electron chi connectivity index (χ0n) is 12.4. The van der Waals surface area contributed by atoms with E-state index in [0.717, 1.165) is 45.1 Å². The van der Waals surface area contributed by atoms with E-state index in [1.165, 1.54) is 4.57 Å². The van der Waals surface area contributed by atoms with Crippen molar-refractivity contribution in [2.45, 2.75) is 57.0 Å². The number of hydrogen-bond acceptors (Lipinski definition) is 3. The first kappa shape index (κ1) is 14.9. The summed E-state index contributed by atoms with van der Waals surface area (Å²) in [6, 6.07) is 0.265. The molecule has 0 spiro atoms. The first-order valence-electron chi connectivity index (χ1n) is 7.80.